The maximum Gasteiger partial charge on any atom is 0.125 e. The zero-order chi connectivity index (χ0) is 13.0. The second kappa shape index (κ2) is 5.63. The minimum atomic E-state index is 0.201. The summed E-state index contributed by atoms with van der Waals surface area (Å²) in [4.78, 5) is 0. The fourth-order valence-corrected chi connectivity index (χ4v) is 1.98. The number of ether oxygens (including phenoxy) is 1. The number of benzene rings is 1. The number of methoxy groups -OCH3 is 1. The van der Waals surface area contributed by atoms with Crippen LogP contribution >= 0.6 is 0 Å². The Kier molecular flexibility index (Phi) is 3.92. The Balaban J connectivity index is 2.17. The van der Waals surface area contributed by atoms with E-state index in [0.29, 0.717) is 0 Å². The molecule has 1 aromatic carbocycles. The summed E-state index contributed by atoms with van der Waals surface area (Å²) in [6, 6.07) is 10.1. The van der Waals surface area contributed by atoms with E-state index in [1.807, 2.05) is 30.3 Å². The molecule has 3 heteroatoms. The summed E-state index contributed by atoms with van der Waals surface area (Å²) >= 11 is 0. The highest BCUT2D eigenvalue weighted by molar-refractivity contribution is 5.54. The van der Waals surface area contributed by atoms with Gasteiger partial charge in [-0.15, -0.1) is 0 Å². The maximum absolute atomic E-state index is 5.46. The zero-order valence-corrected chi connectivity index (χ0v) is 11.1. The predicted octanol–water partition coefficient (Wildman–Crippen LogP) is 4.16. The molecule has 0 aliphatic rings. The topological polar surface area (TPSA) is 34.4 Å². The number of hydrogen-bond acceptors (Lipinski definition) is 3. The molecule has 1 atom stereocenters. The molecule has 0 aliphatic carbocycles. The third-order valence-corrected chi connectivity index (χ3v) is 3.06. The average molecular weight is 245 g/mol. The van der Waals surface area contributed by atoms with Crippen LogP contribution in [-0.2, 0) is 0 Å². The van der Waals surface area contributed by atoms with Crippen molar-refractivity contribution in [2.45, 2.75) is 26.3 Å². The third-order valence-electron chi connectivity index (χ3n) is 3.06. The van der Waals surface area contributed by atoms with Gasteiger partial charge in [-0.1, -0.05) is 6.92 Å². The molecule has 1 N–H and O–H groups in total. The van der Waals surface area contributed by atoms with E-state index in [4.69, 9.17) is 9.15 Å². The summed E-state index contributed by atoms with van der Waals surface area (Å²) < 4.78 is 10.7. The highest BCUT2D eigenvalue weighted by Gasteiger charge is 2.12. The second-order valence-corrected chi connectivity index (χ2v) is 4.30. The molecule has 0 aliphatic heterocycles. The van der Waals surface area contributed by atoms with Crippen LogP contribution in [0.3, 0.4) is 0 Å². The van der Waals surface area contributed by atoms with Crippen molar-refractivity contribution >= 4 is 5.69 Å². The van der Waals surface area contributed by atoms with Crippen LogP contribution in [0.5, 0.6) is 5.75 Å². The Morgan fingerprint density at radius 1 is 1.33 bits per heavy atom. The van der Waals surface area contributed by atoms with Crippen molar-refractivity contribution in [1.82, 2.24) is 0 Å². The third kappa shape index (κ3) is 2.67. The quantitative estimate of drug-likeness (QED) is 0.858. The van der Waals surface area contributed by atoms with Gasteiger partial charge in [-0.3, -0.25) is 0 Å². The van der Waals surface area contributed by atoms with E-state index in [-0.39, 0.29) is 6.04 Å². The van der Waals surface area contributed by atoms with Gasteiger partial charge in [0.1, 0.15) is 11.5 Å². The molecule has 0 radical (unpaired) electrons. The number of hydrogen-bond donors (Lipinski definition) is 1. The lowest BCUT2D eigenvalue weighted by molar-refractivity contribution is 0.414. The molecule has 1 heterocycles. The fraction of sp³-hybridized carbons (Fsp3) is 0.333. The molecule has 0 bridgehead atoms. The molecule has 2 rings (SSSR count). The number of nitrogens with one attached hydrogen (secondary N) is 1. The summed E-state index contributed by atoms with van der Waals surface area (Å²) in [6.45, 7) is 4.21. The Morgan fingerprint density at radius 3 is 2.72 bits per heavy atom. The summed E-state index contributed by atoms with van der Waals surface area (Å²) in [5, 5.41) is 3.50. The van der Waals surface area contributed by atoms with Gasteiger partial charge in [-0.2, -0.15) is 0 Å². The van der Waals surface area contributed by atoms with Crippen molar-refractivity contribution in [2.24, 2.45) is 0 Å². The van der Waals surface area contributed by atoms with Crippen molar-refractivity contribution in [1.29, 1.82) is 0 Å². The van der Waals surface area contributed by atoms with E-state index in [9.17, 15) is 0 Å². The summed E-state index contributed by atoms with van der Waals surface area (Å²) in [6.07, 6.45) is 2.68. The summed E-state index contributed by atoms with van der Waals surface area (Å²) in [7, 11) is 1.68. The van der Waals surface area contributed by atoms with E-state index in [2.05, 4.69) is 19.2 Å². The molecule has 0 amide bonds. The molecular formula is C15H19NO2. The van der Waals surface area contributed by atoms with Crippen molar-refractivity contribution in [3.63, 3.8) is 0 Å². The summed E-state index contributed by atoms with van der Waals surface area (Å²) in [5.41, 5.74) is 2.28. The Labute approximate surface area is 108 Å². The largest absolute Gasteiger partial charge is 0.497 e. The molecule has 3 nitrogen and oxygen atoms in total. The molecular weight excluding hydrogens is 226 g/mol. The van der Waals surface area contributed by atoms with Crippen molar-refractivity contribution in [3.05, 3.63) is 47.9 Å². The number of rotatable bonds is 5. The molecule has 0 saturated carbocycles. The molecule has 18 heavy (non-hydrogen) atoms. The van der Waals surface area contributed by atoms with Gasteiger partial charge in [0.05, 0.1) is 19.4 Å². The van der Waals surface area contributed by atoms with Gasteiger partial charge in [0, 0.05) is 5.69 Å². The molecule has 0 saturated heterocycles. The van der Waals surface area contributed by atoms with Crippen LogP contribution in [0.4, 0.5) is 5.69 Å². The van der Waals surface area contributed by atoms with Crippen LogP contribution < -0.4 is 10.1 Å². The molecule has 1 aromatic heterocycles. The lowest BCUT2D eigenvalue weighted by Gasteiger charge is -2.18. The van der Waals surface area contributed by atoms with E-state index in [1.165, 1.54) is 5.56 Å². The van der Waals surface area contributed by atoms with Gasteiger partial charge in [-0.05, 0) is 49.2 Å². The van der Waals surface area contributed by atoms with Crippen LogP contribution in [-0.4, -0.2) is 7.11 Å². The molecule has 1 unspecified atom stereocenters. The van der Waals surface area contributed by atoms with Gasteiger partial charge in [0.15, 0.2) is 0 Å². The number of furan rings is 1. The second-order valence-electron chi connectivity index (χ2n) is 4.30. The monoisotopic (exact) mass is 245 g/mol. The van der Waals surface area contributed by atoms with Crippen molar-refractivity contribution < 1.29 is 9.15 Å². The van der Waals surface area contributed by atoms with Crippen LogP contribution in [0, 0.1) is 6.92 Å². The first-order valence-electron chi connectivity index (χ1n) is 6.19. The molecule has 96 valence electrons. The average Bonchev–Trinajstić information content (AvgIpc) is 2.91. The van der Waals surface area contributed by atoms with Gasteiger partial charge >= 0.3 is 0 Å². The fourth-order valence-electron chi connectivity index (χ4n) is 1.98. The minimum absolute atomic E-state index is 0.201. The van der Waals surface area contributed by atoms with Gasteiger partial charge in [-0.25, -0.2) is 0 Å². The Hall–Kier alpha value is -1.90. The molecule has 2 aromatic rings. The van der Waals surface area contributed by atoms with E-state index < -0.39 is 0 Å². The number of aryl methyl sites for hydroxylation is 1. The van der Waals surface area contributed by atoms with Crippen LogP contribution in [0.25, 0.3) is 0 Å². The maximum atomic E-state index is 5.46. The molecule has 0 fully saturated rings. The van der Waals surface area contributed by atoms with E-state index in [0.717, 1.165) is 23.6 Å². The standard InChI is InChI=1S/C15H19NO2/c1-4-13(15-6-5-9-18-15)16-14-8-7-12(17-3)10-11(14)2/h5-10,13,16H,4H2,1-3H3. The highest BCUT2D eigenvalue weighted by Crippen LogP contribution is 2.27. The van der Waals surface area contributed by atoms with E-state index in [1.54, 1.807) is 13.4 Å². The van der Waals surface area contributed by atoms with Crippen LogP contribution in [0.1, 0.15) is 30.7 Å². The lowest BCUT2D eigenvalue weighted by atomic mass is 10.1. The smallest absolute Gasteiger partial charge is 0.125 e. The number of anilines is 1. The van der Waals surface area contributed by atoms with Gasteiger partial charge in [0.2, 0.25) is 0 Å². The van der Waals surface area contributed by atoms with Crippen LogP contribution in [0.2, 0.25) is 0 Å². The lowest BCUT2D eigenvalue weighted by Crippen LogP contribution is -2.09. The SMILES string of the molecule is CCC(Nc1ccc(OC)cc1C)c1ccco1. The normalized spacial score (nSPS) is 12.2. The first kappa shape index (κ1) is 12.6. The first-order valence-corrected chi connectivity index (χ1v) is 6.19. The van der Waals surface area contributed by atoms with E-state index >= 15 is 0 Å². The Morgan fingerprint density at radius 2 is 2.17 bits per heavy atom. The van der Waals surface area contributed by atoms with Gasteiger partial charge in [0.25, 0.3) is 0 Å². The summed E-state index contributed by atoms with van der Waals surface area (Å²) in [5.74, 6) is 1.84. The Bertz CT molecular complexity index is 491. The first-order chi connectivity index (χ1) is 8.74. The predicted molar refractivity (Wildman–Crippen MR) is 73.1 cm³/mol. The van der Waals surface area contributed by atoms with Crippen molar-refractivity contribution in [3.8, 4) is 5.75 Å². The van der Waals surface area contributed by atoms with Crippen LogP contribution in [0.15, 0.2) is 41.0 Å². The van der Waals surface area contributed by atoms with Crippen molar-refractivity contribution in [2.75, 3.05) is 12.4 Å². The minimum Gasteiger partial charge on any atom is -0.497 e. The highest BCUT2D eigenvalue weighted by atomic mass is 16.5. The molecule has 0 spiro atoms. The zero-order valence-electron chi connectivity index (χ0n) is 11.1. The van der Waals surface area contributed by atoms with Gasteiger partial charge < -0.3 is 14.5 Å².